The fourth-order valence-corrected chi connectivity index (χ4v) is 6.13. The van der Waals surface area contributed by atoms with E-state index in [1.807, 2.05) is 62.4 Å². The van der Waals surface area contributed by atoms with Crippen molar-refractivity contribution in [2.24, 2.45) is 0 Å². The number of hydrogen-bond acceptors (Lipinski definition) is 7. The third-order valence-corrected chi connectivity index (χ3v) is 8.01. The number of aromatic nitrogens is 1. The second kappa shape index (κ2) is 9.85. The Bertz CT molecular complexity index is 1240. The van der Waals surface area contributed by atoms with Crippen LogP contribution in [0.5, 0.6) is 0 Å². The highest BCUT2D eigenvalue weighted by molar-refractivity contribution is 8.00. The summed E-state index contributed by atoms with van der Waals surface area (Å²) in [5.74, 6) is -0.241. The minimum absolute atomic E-state index is 0.130. The van der Waals surface area contributed by atoms with Gasteiger partial charge in [0.1, 0.15) is 14.9 Å². The predicted molar refractivity (Wildman–Crippen MR) is 134 cm³/mol. The van der Waals surface area contributed by atoms with Gasteiger partial charge in [0, 0.05) is 10.5 Å². The number of benzene rings is 2. The average Bonchev–Trinajstić information content (AvgIpc) is 3.34. The molecule has 1 N–H and O–H groups in total. The Morgan fingerprint density at radius 2 is 1.81 bits per heavy atom. The molecule has 4 aromatic rings. The highest BCUT2D eigenvalue weighted by Gasteiger charge is 2.25. The number of ether oxygens (including phenoxy) is 1. The number of rotatable bonds is 7. The molecule has 0 unspecified atom stereocenters. The van der Waals surface area contributed by atoms with E-state index in [2.05, 4.69) is 5.32 Å². The van der Waals surface area contributed by atoms with Gasteiger partial charge in [-0.3, -0.25) is 4.79 Å². The quantitative estimate of drug-likeness (QED) is 0.239. The van der Waals surface area contributed by atoms with Gasteiger partial charge >= 0.3 is 5.97 Å². The number of esters is 1. The van der Waals surface area contributed by atoms with Gasteiger partial charge in [0.05, 0.1) is 22.6 Å². The van der Waals surface area contributed by atoms with Crippen molar-refractivity contribution in [2.75, 3.05) is 17.7 Å². The number of para-hydroxylation sites is 1. The molecule has 0 spiro atoms. The van der Waals surface area contributed by atoms with Crippen LogP contribution in [0.4, 0.5) is 5.00 Å². The maximum absolute atomic E-state index is 12.8. The van der Waals surface area contributed by atoms with Crippen LogP contribution in [0.1, 0.15) is 27.7 Å². The molecule has 2 aromatic heterocycles. The molecule has 0 saturated carbocycles. The standard InChI is InChI=1S/C24H22N2O3S3/c1-4-29-24(28)21-15(3)20(22-25-17-7-5-6-8-18(17)31-22)23(32-21)26-19(27)13-30-16-11-9-14(2)10-12-16/h5-12H,4,13H2,1-3H3,(H,26,27). The molecule has 0 radical (unpaired) electrons. The Balaban J connectivity index is 1.63. The number of fused-ring (bicyclic) bond motifs is 1. The number of carbonyl (C=O) groups is 2. The van der Waals surface area contributed by atoms with Crippen LogP contribution in [-0.4, -0.2) is 29.2 Å². The molecule has 2 heterocycles. The fraction of sp³-hybridized carbons (Fsp3) is 0.208. The molecule has 4 rings (SSSR count). The third-order valence-electron chi connectivity index (χ3n) is 4.76. The first kappa shape index (κ1) is 22.5. The van der Waals surface area contributed by atoms with E-state index in [-0.39, 0.29) is 17.6 Å². The first-order valence-electron chi connectivity index (χ1n) is 10.1. The van der Waals surface area contributed by atoms with Crippen LogP contribution < -0.4 is 5.32 Å². The number of hydrogen-bond donors (Lipinski definition) is 1. The Labute approximate surface area is 198 Å². The van der Waals surface area contributed by atoms with E-state index < -0.39 is 0 Å². The number of carbonyl (C=O) groups excluding carboxylic acids is 2. The molecule has 0 saturated heterocycles. The third kappa shape index (κ3) is 4.87. The van der Waals surface area contributed by atoms with Crippen molar-refractivity contribution in [3.63, 3.8) is 0 Å². The van der Waals surface area contributed by atoms with E-state index in [0.29, 0.717) is 16.5 Å². The second-order valence-corrected chi connectivity index (χ2v) is 10.2. The molecule has 0 bridgehead atoms. The van der Waals surface area contributed by atoms with Crippen LogP contribution in [0, 0.1) is 13.8 Å². The summed E-state index contributed by atoms with van der Waals surface area (Å²) in [6.07, 6.45) is 0. The highest BCUT2D eigenvalue weighted by atomic mass is 32.2. The normalized spacial score (nSPS) is 11.0. The van der Waals surface area contributed by atoms with E-state index in [1.165, 1.54) is 28.7 Å². The van der Waals surface area contributed by atoms with Gasteiger partial charge in [-0.05, 0) is 50.6 Å². The zero-order valence-electron chi connectivity index (χ0n) is 17.9. The number of aryl methyl sites for hydroxylation is 1. The number of anilines is 1. The maximum Gasteiger partial charge on any atom is 0.348 e. The first-order valence-corrected chi connectivity index (χ1v) is 12.7. The second-order valence-electron chi connectivity index (χ2n) is 7.12. The summed E-state index contributed by atoms with van der Waals surface area (Å²) in [6, 6.07) is 16.0. The molecule has 32 heavy (non-hydrogen) atoms. The van der Waals surface area contributed by atoms with Crippen molar-refractivity contribution >= 4 is 61.5 Å². The Morgan fingerprint density at radius 1 is 1.06 bits per heavy atom. The Morgan fingerprint density at radius 3 is 2.53 bits per heavy atom. The van der Waals surface area contributed by atoms with E-state index in [1.54, 1.807) is 18.3 Å². The monoisotopic (exact) mass is 482 g/mol. The molecule has 0 aliphatic carbocycles. The molecular weight excluding hydrogens is 460 g/mol. The van der Waals surface area contributed by atoms with E-state index in [9.17, 15) is 9.59 Å². The molecule has 164 valence electrons. The summed E-state index contributed by atoms with van der Waals surface area (Å²) in [6.45, 7) is 5.98. The number of amides is 1. The van der Waals surface area contributed by atoms with E-state index in [4.69, 9.17) is 9.72 Å². The molecule has 5 nitrogen and oxygen atoms in total. The molecule has 0 fully saturated rings. The molecule has 0 atom stereocenters. The van der Waals surface area contributed by atoms with Crippen LogP contribution in [0.15, 0.2) is 53.4 Å². The number of thiazole rings is 1. The van der Waals surface area contributed by atoms with E-state index in [0.717, 1.165) is 31.2 Å². The van der Waals surface area contributed by atoms with Gasteiger partial charge in [-0.2, -0.15) is 0 Å². The highest BCUT2D eigenvalue weighted by Crippen LogP contribution is 2.43. The molecule has 8 heteroatoms. The van der Waals surface area contributed by atoms with Gasteiger partial charge < -0.3 is 10.1 Å². The van der Waals surface area contributed by atoms with Crippen molar-refractivity contribution in [1.29, 1.82) is 0 Å². The van der Waals surface area contributed by atoms with Crippen molar-refractivity contribution < 1.29 is 14.3 Å². The van der Waals surface area contributed by atoms with Gasteiger partial charge in [0.2, 0.25) is 5.91 Å². The molecule has 0 aliphatic heterocycles. The van der Waals surface area contributed by atoms with Crippen LogP contribution in [-0.2, 0) is 9.53 Å². The lowest BCUT2D eigenvalue weighted by Gasteiger charge is -2.06. The summed E-state index contributed by atoms with van der Waals surface area (Å²) in [5, 5.41) is 4.41. The Kier molecular flexibility index (Phi) is 6.93. The van der Waals surface area contributed by atoms with Crippen molar-refractivity contribution in [3.05, 3.63) is 64.5 Å². The first-order chi connectivity index (χ1) is 15.5. The van der Waals surface area contributed by atoms with Crippen molar-refractivity contribution in [3.8, 4) is 10.6 Å². The molecule has 0 aliphatic rings. The van der Waals surface area contributed by atoms with Crippen molar-refractivity contribution in [1.82, 2.24) is 4.98 Å². The lowest BCUT2D eigenvalue weighted by atomic mass is 10.1. The SMILES string of the molecule is CCOC(=O)c1sc(NC(=O)CSc2ccc(C)cc2)c(-c2nc3ccccc3s2)c1C. The zero-order chi connectivity index (χ0) is 22.7. The Hall–Kier alpha value is -2.68. The van der Waals surface area contributed by atoms with Crippen LogP contribution in [0.2, 0.25) is 0 Å². The number of thiophene rings is 1. The van der Waals surface area contributed by atoms with Gasteiger partial charge in [0.15, 0.2) is 0 Å². The summed E-state index contributed by atoms with van der Waals surface area (Å²) < 4.78 is 6.28. The smallest absolute Gasteiger partial charge is 0.348 e. The van der Waals surface area contributed by atoms with Crippen LogP contribution >= 0.6 is 34.4 Å². The van der Waals surface area contributed by atoms with E-state index >= 15 is 0 Å². The van der Waals surface area contributed by atoms with Gasteiger partial charge in [-0.1, -0.05) is 29.8 Å². The molecule has 2 aromatic carbocycles. The maximum atomic E-state index is 12.8. The van der Waals surface area contributed by atoms with Gasteiger partial charge in [-0.15, -0.1) is 34.4 Å². The van der Waals surface area contributed by atoms with Crippen molar-refractivity contribution in [2.45, 2.75) is 25.7 Å². The topological polar surface area (TPSA) is 68.3 Å². The van der Waals surface area contributed by atoms with Gasteiger partial charge in [0.25, 0.3) is 0 Å². The summed E-state index contributed by atoms with van der Waals surface area (Å²) in [7, 11) is 0. The minimum Gasteiger partial charge on any atom is -0.462 e. The number of nitrogens with one attached hydrogen (secondary N) is 1. The summed E-state index contributed by atoms with van der Waals surface area (Å²) in [5.41, 5.74) is 3.63. The lowest BCUT2D eigenvalue weighted by molar-refractivity contribution is -0.113. The fourth-order valence-electron chi connectivity index (χ4n) is 3.18. The largest absolute Gasteiger partial charge is 0.462 e. The lowest BCUT2D eigenvalue weighted by Crippen LogP contribution is -2.13. The molecule has 1 amide bonds. The number of thioether (sulfide) groups is 1. The summed E-state index contributed by atoms with van der Waals surface area (Å²) >= 11 is 4.26. The minimum atomic E-state index is -0.383. The summed E-state index contributed by atoms with van der Waals surface area (Å²) in [4.78, 5) is 31.6. The molecular formula is C24H22N2O3S3. The van der Waals surface area contributed by atoms with Gasteiger partial charge in [-0.25, -0.2) is 9.78 Å². The average molecular weight is 483 g/mol. The van der Waals surface area contributed by atoms with Crippen LogP contribution in [0.3, 0.4) is 0 Å². The van der Waals surface area contributed by atoms with Crippen LogP contribution in [0.25, 0.3) is 20.8 Å². The zero-order valence-corrected chi connectivity index (χ0v) is 20.4. The number of nitrogens with zero attached hydrogens (tertiary/aromatic N) is 1. The predicted octanol–water partition coefficient (Wildman–Crippen LogP) is 6.55.